The topological polar surface area (TPSA) is 80.6 Å². The number of likely N-dealkylation sites (N-methyl/N-ethyl adjacent to an activating group) is 1. The Labute approximate surface area is 130 Å². The molecule has 1 saturated heterocycles. The molecule has 0 saturated carbocycles. The monoisotopic (exact) mass is 299 g/mol. The molecule has 1 aliphatic rings. The predicted molar refractivity (Wildman–Crippen MR) is 89.3 cm³/mol. The van der Waals surface area contributed by atoms with Crippen LogP contribution in [-0.2, 0) is 0 Å². The summed E-state index contributed by atoms with van der Waals surface area (Å²) in [6.45, 7) is 4.03. The van der Waals surface area contributed by atoms with E-state index in [0.29, 0.717) is 23.0 Å². The molecule has 22 heavy (non-hydrogen) atoms. The van der Waals surface area contributed by atoms with Gasteiger partial charge in [0, 0.05) is 38.3 Å². The molecular formula is C16H21N5O. The third kappa shape index (κ3) is 3.23. The summed E-state index contributed by atoms with van der Waals surface area (Å²) >= 11 is 0. The van der Waals surface area contributed by atoms with E-state index < -0.39 is 0 Å². The van der Waals surface area contributed by atoms with Crippen LogP contribution in [0.5, 0.6) is 11.6 Å². The third-order valence-electron chi connectivity index (χ3n) is 3.82. The summed E-state index contributed by atoms with van der Waals surface area (Å²) < 4.78 is 5.78. The lowest BCUT2D eigenvalue weighted by molar-refractivity contribution is 0.311. The van der Waals surface area contributed by atoms with E-state index in [1.807, 2.05) is 18.2 Å². The maximum absolute atomic E-state index is 5.80. The number of benzene rings is 1. The first-order valence-electron chi connectivity index (χ1n) is 7.35. The average Bonchev–Trinajstić information content (AvgIpc) is 2.52. The fourth-order valence-electron chi connectivity index (χ4n) is 2.41. The van der Waals surface area contributed by atoms with Crippen LogP contribution < -0.4 is 21.1 Å². The molecule has 0 aliphatic carbocycles. The molecule has 4 N–H and O–H groups in total. The molecule has 1 fully saturated rings. The number of nitrogens with two attached hydrogens (primary N) is 2. The number of nitrogens with zero attached hydrogens (tertiary/aromatic N) is 3. The van der Waals surface area contributed by atoms with Gasteiger partial charge in [-0.2, -0.15) is 4.98 Å². The normalized spacial score (nSPS) is 15.8. The molecule has 2 aromatic rings. The Morgan fingerprint density at radius 3 is 2.50 bits per heavy atom. The van der Waals surface area contributed by atoms with Crippen molar-refractivity contribution < 1.29 is 4.74 Å². The predicted octanol–water partition coefficient (Wildman–Crippen LogP) is 1.79. The van der Waals surface area contributed by atoms with Crippen molar-refractivity contribution in [2.75, 3.05) is 49.6 Å². The van der Waals surface area contributed by atoms with Gasteiger partial charge in [-0.25, -0.2) is 0 Å². The molecule has 1 aliphatic heterocycles. The Bertz CT molecular complexity index is 653. The number of pyridine rings is 1. The van der Waals surface area contributed by atoms with E-state index in [0.717, 1.165) is 32.0 Å². The second kappa shape index (κ2) is 6.11. The van der Waals surface area contributed by atoms with Crippen LogP contribution in [0.3, 0.4) is 0 Å². The first-order valence-corrected chi connectivity index (χ1v) is 7.35. The average molecular weight is 299 g/mol. The minimum absolute atomic E-state index is 0.507. The Balaban J connectivity index is 1.74. The minimum atomic E-state index is 0.507. The molecule has 1 aromatic carbocycles. The first-order chi connectivity index (χ1) is 10.6. The first kappa shape index (κ1) is 14.5. The number of nitrogen functional groups attached to an aromatic ring is 2. The van der Waals surface area contributed by atoms with Gasteiger partial charge in [-0.15, -0.1) is 0 Å². The van der Waals surface area contributed by atoms with Crippen LogP contribution in [0.4, 0.5) is 17.2 Å². The summed E-state index contributed by atoms with van der Waals surface area (Å²) in [4.78, 5) is 9.16. The van der Waals surface area contributed by atoms with Crippen molar-refractivity contribution in [3.05, 3.63) is 36.4 Å². The summed E-state index contributed by atoms with van der Waals surface area (Å²) in [7, 11) is 2.13. The standard InChI is InChI=1S/C16H21N5O/c1-20-7-9-21(10-8-20)15-3-2-4-16(19-15)22-12-5-6-13(17)14(18)11-12/h2-6,11H,7-10,17-18H2,1H3. The van der Waals surface area contributed by atoms with Gasteiger partial charge in [-0.05, 0) is 25.2 Å². The highest BCUT2D eigenvalue weighted by atomic mass is 16.5. The highest BCUT2D eigenvalue weighted by Crippen LogP contribution is 2.26. The van der Waals surface area contributed by atoms with Crippen molar-refractivity contribution in [2.45, 2.75) is 0 Å². The second-order valence-corrected chi connectivity index (χ2v) is 5.52. The van der Waals surface area contributed by atoms with Crippen LogP contribution in [0.15, 0.2) is 36.4 Å². The van der Waals surface area contributed by atoms with Crippen molar-refractivity contribution in [1.82, 2.24) is 9.88 Å². The van der Waals surface area contributed by atoms with E-state index >= 15 is 0 Å². The van der Waals surface area contributed by atoms with Crippen LogP contribution in [0.2, 0.25) is 0 Å². The van der Waals surface area contributed by atoms with Gasteiger partial charge < -0.3 is 26.0 Å². The van der Waals surface area contributed by atoms with Gasteiger partial charge in [-0.3, -0.25) is 0 Å². The van der Waals surface area contributed by atoms with Gasteiger partial charge in [0.2, 0.25) is 5.88 Å². The highest BCUT2D eigenvalue weighted by molar-refractivity contribution is 5.65. The van der Waals surface area contributed by atoms with Gasteiger partial charge in [0.25, 0.3) is 0 Å². The van der Waals surface area contributed by atoms with E-state index in [1.54, 1.807) is 18.2 Å². The maximum atomic E-state index is 5.80. The molecule has 2 heterocycles. The zero-order chi connectivity index (χ0) is 15.5. The number of rotatable bonds is 3. The largest absolute Gasteiger partial charge is 0.439 e. The number of anilines is 3. The van der Waals surface area contributed by atoms with Crippen molar-refractivity contribution in [3.8, 4) is 11.6 Å². The van der Waals surface area contributed by atoms with E-state index in [9.17, 15) is 0 Å². The number of aromatic nitrogens is 1. The molecule has 0 spiro atoms. The number of hydrogen-bond acceptors (Lipinski definition) is 6. The third-order valence-corrected chi connectivity index (χ3v) is 3.82. The van der Waals surface area contributed by atoms with Crippen LogP contribution in [-0.4, -0.2) is 43.1 Å². The summed E-state index contributed by atoms with van der Waals surface area (Å²) in [6.07, 6.45) is 0. The van der Waals surface area contributed by atoms with E-state index in [2.05, 4.69) is 21.8 Å². The molecule has 0 atom stereocenters. The summed E-state index contributed by atoms with van der Waals surface area (Å²) in [5.41, 5.74) is 12.6. The van der Waals surface area contributed by atoms with E-state index in [-0.39, 0.29) is 0 Å². The smallest absolute Gasteiger partial charge is 0.221 e. The summed E-state index contributed by atoms with van der Waals surface area (Å²) in [5.74, 6) is 2.13. The minimum Gasteiger partial charge on any atom is -0.439 e. The number of hydrogen-bond donors (Lipinski definition) is 2. The van der Waals surface area contributed by atoms with Gasteiger partial charge in [0.1, 0.15) is 11.6 Å². The maximum Gasteiger partial charge on any atom is 0.221 e. The molecule has 6 heteroatoms. The molecular weight excluding hydrogens is 278 g/mol. The molecule has 116 valence electrons. The van der Waals surface area contributed by atoms with Crippen molar-refractivity contribution >= 4 is 17.2 Å². The fraction of sp³-hybridized carbons (Fsp3) is 0.312. The quantitative estimate of drug-likeness (QED) is 0.841. The molecule has 0 bridgehead atoms. The van der Waals surface area contributed by atoms with Gasteiger partial charge in [0.15, 0.2) is 0 Å². The van der Waals surface area contributed by atoms with Crippen molar-refractivity contribution in [3.63, 3.8) is 0 Å². The van der Waals surface area contributed by atoms with Crippen LogP contribution in [0, 0.1) is 0 Å². The Kier molecular flexibility index (Phi) is 4.02. The van der Waals surface area contributed by atoms with E-state index in [4.69, 9.17) is 16.2 Å². The Hall–Kier alpha value is -2.47. The lowest BCUT2D eigenvalue weighted by Crippen LogP contribution is -2.44. The van der Waals surface area contributed by atoms with Crippen LogP contribution in [0.1, 0.15) is 0 Å². The van der Waals surface area contributed by atoms with Crippen molar-refractivity contribution in [2.24, 2.45) is 0 Å². The Morgan fingerprint density at radius 1 is 1.00 bits per heavy atom. The highest BCUT2D eigenvalue weighted by Gasteiger charge is 2.15. The van der Waals surface area contributed by atoms with Crippen molar-refractivity contribution in [1.29, 1.82) is 0 Å². The second-order valence-electron chi connectivity index (χ2n) is 5.52. The zero-order valence-electron chi connectivity index (χ0n) is 12.7. The molecule has 0 amide bonds. The van der Waals surface area contributed by atoms with Gasteiger partial charge >= 0.3 is 0 Å². The lowest BCUT2D eigenvalue weighted by Gasteiger charge is -2.33. The molecule has 3 rings (SSSR count). The molecule has 0 radical (unpaired) electrons. The zero-order valence-corrected chi connectivity index (χ0v) is 12.7. The van der Waals surface area contributed by atoms with Gasteiger partial charge in [0.05, 0.1) is 11.4 Å². The molecule has 0 unspecified atom stereocenters. The van der Waals surface area contributed by atoms with Crippen LogP contribution >= 0.6 is 0 Å². The summed E-state index contributed by atoms with van der Waals surface area (Å²) in [6, 6.07) is 11.0. The lowest BCUT2D eigenvalue weighted by atomic mass is 10.2. The SMILES string of the molecule is CN1CCN(c2cccc(Oc3ccc(N)c(N)c3)n2)CC1. The van der Waals surface area contributed by atoms with Gasteiger partial charge in [-0.1, -0.05) is 6.07 Å². The Morgan fingerprint density at radius 2 is 1.77 bits per heavy atom. The molecule has 1 aromatic heterocycles. The molecule has 6 nitrogen and oxygen atoms in total. The fourth-order valence-corrected chi connectivity index (χ4v) is 2.41. The van der Waals surface area contributed by atoms with E-state index in [1.165, 1.54) is 0 Å². The number of ether oxygens (including phenoxy) is 1. The number of piperazine rings is 1. The summed E-state index contributed by atoms with van der Waals surface area (Å²) in [5, 5.41) is 0. The van der Waals surface area contributed by atoms with Crippen LogP contribution in [0.25, 0.3) is 0 Å².